The number of hydrogen-bond donors (Lipinski definition) is 1. The molecular weight excluding hydrogens is 258 g/mol. The van der Waals surface area contributed by atoms with Crippen LogP contribution in [0.4, 0.5) is 5.69 Å². The third kappa shape index (κ3) is 3.41. The predicted molar refractivity (Wildman–Crippen MR) is 83.1 cm³/mol. The molecule has 106 valence electrons. The molecule has 1 saturated heterocycles. The van der Waals surface area contributed by atoms with Crippen LogP contribution in [-0.4, -0.2) is 44.7 Å². The number of nitrogens with zero attached hydrogens (tertiary/aromatic N) is 2. The van der Waals surface area contributed by atoms with E-state index in [9.17, 15) is 0 Å². The number of piperazine rings is 1. The van der Waals surface area contributed by atoms with E-state index < -0.39 is 0 Å². The Morgan fingerprint density at radius 2 is 2.16 bits per heavy atom. The first kappa shape index (κ1) is 14.6. The highest BCUT2D eigenvalue weighted by Gasteiger charge is 2.24. The molecule has 0 aliphatic carbocycles. The maximum atomic E-state index is 6.12. The van der Waals surface area contributed by atoms with E-state index in [4.69, 9.17) is 11.6 Å². The molecule has 19 heavy (non-hydrogen) atoms. The first-order valence-electron chi connectivity index (χ1n) is 7.04. The van der Waals surface area contributed by atoms with Crippen molar-refractivity contribution in [3.8, 4) is 0 Å². The van der Waals surface area contributed by atoms with Gasteiger partial charge < -0.3 is 10.2 Å². The fraction of sp³-hybridized carbons (Fsp3) is 0.600. The summed E-state index contributed by atoms with van der Waals surface area (Å²) in [5, 5.41) is 4.04. The molecule has 1 heterocycles. The Morgan fingerprint density at radius 1 is 1.37 bits per heavy atom. The van der Waals surface area contributed by atoms with Crippen LogP contribution in [0.2, 0.25) is 5.02 Å². The largest absolute Gasteiger partial charge is 0.368 e. The quantitative estimate of drug-likeness (QED) is 0.915. The van der Waals surface area contributed by atoms with Crippen LogP contribution in [0.5, 0.6) is 0 Å². The smallest absolute Gasteiger partial charge is 0.0413 e. The summed E-state index contributed by atoms with van der Waals surface area (Å²) in [7, 11) is 4.20. The molecule has 1 aromatic rings. The van der Waals surface area contributed by atoms with Gasteiger partial charge in [-0.2, -0.15) is 0 Å². The third-order valence-corrected chi connectivity index (χ3v) is 4.23. The first-order valence-corrected chi connectivity index (χ1v) is 7.41. The summed E-state index contributed by atoms with van der Waals surface area (Å²) in [6.45, 7) is 6.44. The van der Waals surface area contributed by atoms with E-state index >= 15 is 0 Å². The second-order valence-corrected chi connectivity index (χ2v) is 5.73. The SMILES string of the molecule is CCC1CN(c2ccc(Cl)cc2CNC)CCN1C. The van der Waals surface area contributed by atoms with Crippen LogP contribution in [0.1, 0.15) is 18.9 Å². The molecule has 0 amide bonds. The van der Waals surface area contributed by atoms with Crippen LogP contribution >= 0.6 is 11.6 Å². The Balaban J connectivity index is 2.21. The van der Waals surface area contributed by atoms with E-state index in [2.05, 4.69) is 41.2 Å². The average Bonchev–Trinajstić information content (AvgIpc) is 2.40. The Morgan fingerprint density at radius 3 is 2.84 bits per heavy atom. The van der Waals surface area contributed by atoms with Gasteiger partial charge in [-0.15, -0.1) is 0 Å². The lowest BCUT2D eigenvalue weighted by molar-refractivity contribution is 0.213. The molecule has 1 fully saturated rings. The Hall–Kier alpha value is -0.770. The van der Waals surface area contributed by atoms with Crippen molar-refractivity contribution in [1.82, 2.24) is 10.2 Å². The van der Waals surface area contributed by atoms with Crippen molar-refractivity contribution in [2.24, 2.45) is 0 Å². The van der Waals surface area contributed by atoms with E-state index in [-0.39, 0.29) is 0 Å². The first-order chi connectivity index (χ1) is 9.15. The molecule has 1 aromatic carbocycles. The highest BCUT2D eigenvalue weighted by Crippen LogP contribution is 2.26. The zero-order chi connectivity index (χ0) is 13.8. The van der Waals surface area contributed by atoms with Gasteiger partial charge >= 0.3 is 0 Å². The van der Waals surface area contributed by atoms with Crippen molar-refractivity contribution in [2.75, 3.05) is 38.6 Å². The van der Waals surface area contributed by atoms with Gasteiger partial charge in [-0.1, -0.05) is 18.5 Å². The van der Waals surface area contributed by atoms with Crippen LogP contribution in [-0.2, 0) is 6.54 Å². The number of benzene rings is 1. The number of likely N-dealkylation sites (N-methyl/N-ethyl adjacent to an activating group) is 1. The Bertz CT molecular complexity index is 422. The molecular formula is C15H24ClN3. The van der Waals surface area contributed by atoms with Crippen molar-refractivity contribution < 1.29 is 0 Å². The molecule has 1 atom stereocenters. The molecule has 1 aliphatic rings. The fourth-order valence-corrected chi connectivity index (χ4v) is 2.99. The summed E-state index contributed by atoms with van der Waals surface area (Å²) >= 11 is 6.12. The lowest BCUT2D eigenvalue weighted by Crippen LogP contribution is -2.51. The lowest BCUT2D eigenvalue weighted by atomic mass is 10.1. The summed E-state index contributed by atoms with van der Waals surface area (Å²) in [6.07, 6.45) is 1.20. The number of rotatable bonds is 4. The molecule has 1 N–H and O–H groups in total. The zero-order valence-corrected chi connectivity index (χ0v) is 12.9. The molecule has 2 rings (SSSR count). The lowest BCUT2D eigenvalue weighted by Gasteiger charge is -2.41. The van der Waals surface area contributed by atoms with Gasteiger partial charge in [0.2, 0.25) is 0 Å². The molecule has 0 radical (unpaired) electrons. The summed E-state index contributed by atoms with van der Waals surface area (Å²) < 4.78 is 0. The van der Waals surface area contributed by atoms with E-state index in [1.54, 1.807) is 0 Å². The van der Waals surface area contributed by atoms with Crippen LogP contribution in [0.25, 0.3) is 0 Å². The fourth-order valence-electron chi connectivity index (χ4n) is 2.80. The highest BCUT2D eigenvalue weighted by molar-refractivity contribution is 6.30. The van der Waals surface area contributed by atoms with E-state index in [1.807, 2.05) is 13.1 Å². The number of anilines is 1. The van der Waals surface area contributed by atoms with E-state index in [0.717, 1.165) is 31.2 Å². The van der Waals surface area contributed by atoms with Gasteiger partial charge in [0.25, 0.3) is 0 Å². The molecule has 1 unspecified atom stereocenters. The standard InChI is InChI=1S/C15H24ClN3/c1-4-14-11-19(8-7-18(14)3)15-6-5-13(16)9-12(15)10-17-2/h5-6,9,14,17H,4,7-8,10-11H2,1-3H3. The van der Waals surface area contributed by atoms with Crippen LogP contribution in [0.3, 0.4) is 0 Å². The topological polar surface area (TPSA) is 18.5 Å². The van der Waals surface area contributed by atoms with Crippen molar-refractivity contribution in [1.29, 1.82) is 0 Å². The number of nitrogens with one attached hydrogen (secondary N) is 1. The summed E-state index contributed by atoms with van der Waals surface area (Å²) in [5.74, 6) is 0. The Kier molecular flexibility index (Phi) is 5.08. The van der Waals surface area contributed by atoms with Gasteiger partial charge in [-0.3, -0.25) is 4.90 Å². The van der Waals surface area contributed by atoms with Gasteiger partial charge in [0, 0.05) is 42.9 Å². The molecule has 0 aromatic heterocycles. The molecule has 0 saturated carbocycles. The normalized spacial score (nSPS) is 20.8. The third-order valence-electron chi connectivity index (χ3n) is 4.00. The summed E-state index contributed by atoms with van der Waals surface area (Å²) in [5.41, 5.74) is 2.61. The van der Waals surface area contributed by atoms with Crippen molar-refractivity contribution >= 4 is 17.3 Å². The molecule has 4 heteroatoms. The van der Waals surface area contributed by atoms with Gasteiger partial charge in [-0.25, -0.2) is 0 Å². The van der Waals surface area contributed by atoms with Crippen molar-refractivity contribution in [3.05, 3.63) is 28.8 Å². The zero-order valence-electron chi connectivity index (χ0n) is 12.1. The maximum absolute atomic E-state index is 6.12. The maximum Gasteiger partial charge on any atom is 0.0413 e. The molecule has 3 nitrogen and oxygen atoms in total. The van der Waals surface area contributed by atoms with E-state index in [0.29, 0.717) is 6.04 Å². The van der Waals surface area contributed by atoms with Gasteiger partial charge in [0.15, 0.2) is 0 Å². The van der Waals surface area contributed by atoms with Crippen LogP contribution < -0.4 is 10.2 Å². The molecule has 0 spiro atoms. The summed E-state index contributed by atoms with van der Waals surface area (Å²) in [4.78, 5) is 4.96. The average molecular weight is 282 g/mol. The Labute approximate surface area is 121 Å². The predicted octanol–water partition coefficient (Wildman–Crippen LogP) is 2.59. The van der Waals surface area contributed by atoms with Crippen molar-refractivity contribution in [2.45, 2.75) is 25.9 Å². The van der Waals surface area contributed by atoms with Gasteiger partial charge in [0.05, 0.1) is 0 Å². The van der Waals surface area contributed by atoms with Crippen LogP contribution in [0.15, 0.2) is 18.2 Å². The highest BCUT2D eigenvalue weighted by atomic mass is 35.5. The minimum atomic E-state index is 0.645. The minimum Gasteiger partial charge on any atom is -0.368 e. The molecule has 1 aliphatic heterocycles. The molecule has 0 bridgehead atoms. The monoisotopic (exact) mass is 281 g/mol. The van der Waals surface area contributed by atoms with Gasteiger partial charge in [-0.05, 0) is 44.3 Å². The number of hydrogen-bond acceptors (Lipinski definition) is 3. The second kappa shape index (κ2) is 6.60. The van der Waals surface area contributed by atoms with Crippen molar-refractivity contribution in [3.63, 3.8) is 0 Å². The summed E-state index contributed by atoms with van der Waals surface area (Å²) in [6, 6.07) is 6.88. The number of halogens is 1. The van der Waals surface area contributed by atoms with Crippen LogP contribution in [0, 0.1) is 0 Å². The second-order valence-electron chi connectivity index (χ2n) is 5.29. The minimum absolute atomic E-state index is 0.645. The van der Waals surface area contributed by atoms with E-state index in [1.165, 1.54) is 17.7 Å². The van der Waals surface area contributed by atoms with Gasteiger partial charge in [0.1, 0.15) is 0 Å².